The normalized spacial score (nSPS) is 45.9. The van der Waals surface area contributed by atoms with Gasteiger partial charge in [0.2, 0.25) is 5.91 Å². The molecule has 6 fully saturated rings. The number of ether oxygens (including phenoxy) is 1. The van der Waals surface area contributed by atoms with Gasteiger partial charge in [-0.05, 0) is 88.6 Å². The van der Waals surface area contributed by atoms with E-state index in [1.54, 1.807) is 0 Å². The second-order valence-electron chi connectivity index (χ2n) is 13.4. The predicted molar refractivity (Wildman–Crippen MR) is 150 cm³/mol. The molecular formula is C29H52FN7O2. The summed E-state index contributed by atoms with van der Waals surface area (Å²) in [5.41, 5.74) is 0. The number of halogens is 1. The number of rotatable bonds is 6. The minimum absolute atomic E-state index is 0.0997. The largest absolute Gasteiger partial charge is 0.379 e. The molecule has 0 aromatic rings. The maximum Gasteiger partial charge on any atom is 0.237 e. The number of hydrogen-bond donors (Lipinski definition) is 6. The molecule has 0 bridgehead atoms. The molecule has 4 aliphatic heterocycles. The van der Waals surface area contributed by atoms with Crippen molar-refractivity contribution < 1.29 is 13.9 Å². The molecule has 39 heavy (non-hydrogen) atoms. The van der Waals surface area contributed by atoms with Crippen molar-refractivity contribution in [2.24, 2.45) is 17.8 Å². The predicted octanol–water partition coefficient (Wildman–Crippen LogP) is 0.664. The lowest BCUT2D eigenvalue weighted by Crippen LogP contribution is -2.67. The van der Waals surface area contributed by atoms with Crippen LogP contribution in [0.15, 0.2) is 0 Å². The number of piperidine rings is 1. The van der Waals surface area contributed by atoms with Crippen LogP contribution in [0.4, 0.5) is 4.39 Å². The van der Waals surface area contributed by atoms with Crippen LogP contribution in [0.25, 0.3) is 0 Å². The van der Waals surface area contributed by atoms with E-state index in [0.29, 0.717) is 54.8 Å². The van der Waals surface area contributed by atoms with Crippen LogP contribution in [0.1, 0.15) is 64.7 Å². The fraction of sp³-hybridized carbons (Fsp3) is 0.966. The lowest BCUT2D eigenvalue weighted by Gasteiger charge is -2.45. The van der Waals surface area contributed by atoms with Gasteiger partial charge in [0.05, 0.1) is 19.3 Å². The monoisotopic (exact) mass is 549 g/mol. The number of nitrogens with zero attached hydrogens (tertiary/aromatic N) is 1. The number of fused-ring (bicyclic) bond motifs is 1. The van der Waals surface area contributed by atoms with Crippen LogP contribution in [0.3, 0.4) is 0 Å². The third-order valence-corrected chi connectivity index (χ3v) is 10.8. The fourth-order valence-electron chi connectivity index (χ4n) is 8.40. The Morgan fingerprint density at radius 3 is 2.64 bits per heavy atom. The number of carbonyl (C=O) groups excluding carboxylic acids is 1. The zero-order valence-corrected chi connectivity index (χ0v) is 23.8. The average Bonchev–Trinajstić information content (AvgIpc) is 3.39. The second kappa shape index (κ2) is 13.0. The van der Waals surface area contributed by atoms with E-state index in [9.17, 15) is 9.18 Å². The highest BCUT2D eigenvalue weighted by Gasteiger charge is 2.42. The minimum atomic E-state index is -0.691. The quantitative estimate of drug-likeness (QED) is 0.288. The van der Waals surface area contributed by atoms with Crippen LogP contribution in [-0.4, -0.2) is 105 Å². The maximum absolute atomic E-state index is 13.9. The van der Waals surface area contributed by atoms with Crippen molar-refractivity contribution in [3.8, 4) is 0 Å². The number of alkyl halides is 1. The molecule has 11 unspecified atom stereocenters. The van der Waals surface area contributed by atoms with Crippen molar-refractivity contribution in [1.82, 2.24) is 36.8 Å². The third kappa shape index (κ3) is 6.96. The molecule has 2 aliphatic carbocycles. The number of amides is 1. The summed E-state index contributed by atoms with van der Waals surface area (Å²) in [6.07, 6.45) is 7.78. The summed E-state index contributed by atoms with van der Waals surface area (Å²) < 4.78 is 19.4. The number of hydrogen-bond acceptors (Lipinski definition) is 8. The van der Waals surface area contributed by atoms with Crippen LogP contribution in [-0.2, 0) is 9.53 Å². The molecule has 9 nitrogen and oxygen atoms in total. The Balaban J connectivity index is 0.978. The lowest BCUT2D eigenvalue weighted by molar-refractivity contribution is -0.124. The van der Waals surface area contributed by atoms with Crippen LogP contribution in [0, 0.1) is 17.8 Å². The molecule has 4 saturated heterocycles. The second-order valence-corrected chi connectivity index (χ2v) is 13.4. The zero-order valence-electron chi connectivity index (χ0n) is 23.8. The molecule has 6 N–H and O–H groups in total. The summed E-state index contributed by atoms with van der Waals surface area (Å²) in [4.78, 5) is 15.8. The molecule has 2 saturated carbocycles. The Hall–Kier alpha value is -0.880. The molecule has 0 spiro atoms. The third-order valence-electron chi connectivity index (χ3n) is 10.8. The van der Waals surface area contributed by atoms with Crippen LogP contribution in [0.2, 0.25) is 0 Å². The molecule has 4 heterocycles. The number of carbonyl (C=O) groups is 1. The molecule has 0 aromatic carbocycles. The van der Waals surface area contributed by atoms with Gasteiger partial charge in [0, 0.05) is 49.8 Å². The van der Waals surface area contributed by atoms with Crippen LogP contribution >= 0.6 is 0 Å². The minimum Gasteiger partial charge on any atom is -0.379 e. The van der Waals surface area contributed by atoms with Crippen molar-refractivity contribution >= 4 is 5.91 Å². The fourth-order valence-corrected chi connectivity index (χ4v) is 8.40. The van der Waals surface area contributed by atoms with Gasteiger partial charge in [0.15, 0.2) is 0 Å². The van der Waals surface area contributed by atoms with E-state index in [1.807, 2.05) is 0 Å². The van der Waals surface area contributed by atoms with E-state index < -0.39 is 6.17 Å². The Kier molecular flexibility index (Phi) is 9.39. The summed E-state index contributed by atoms with van der Waals surface area (Å²) in [5.74, 6) is 1.62. The Morgan fingerprint density at radius 1 is 0.923 bits per heavy atom. The molecule has 0 radical (unpaired) electrons. The summed E-state index contributed by atoms with van der Waals surface area (Å²) in [5, 5.41) is 22.1. The van der Waals surface area contributed by atoms with Crippen LogP contribution in [0.5, 0.6) is 0 Å². The van der Waals surface area contributed by atoms with E-state index >= 15 is 0 Å². The maximum atomic E-state index is 13.9. The lowest BCUT2D eigenvalue weighted by atomic mass is 9.82. The smallest absolute Gasteiger partial charge is 0.237 e. The molecule has 6 rings (SSSR count). The van der Waals surface area contributed by atoms with E-state index in [4.69, 9.17) is 4.74 Å². The van der Waals surface area contributed by atoms with E-state index in [2.05, 4.69) is 43.7 Å². The summed E-state index contributed by atoms with van der Waals surface area (Å²) in [6, 6.07) is 1.80. The summed E-state index contributed by atoms with van der Waals surface area (Å²) in [7, 11) is 0. The SMILES string of the molecule is CC1CCC(NC(=O)C2CC3CC(F)CCC3N2)CC1NC1NCCC(C2CNCC(N3CCOCC3)C2)N1. The van der Waals surface area contributed by atoms with Gasteiger partial charge in [-0.15, -0.1) is 0 Å². The summed E-state index contributed by atoms with van der Waals surface area (Å²) >= 11 is 0. The highest BCUT2D eigenvalue weighted by atomic mass is 19.1. The van der Waals surface area contributed by atoms with Crippen molar-refractivity contribution in [3.05, 3.63) is 0 Å². The highest BCUT2D eigenvalue weighted by Crippen LogP contribution is 2.35. The van der Waals surface area contributed by atoms with Crippen molar-refractivity contribution in [1.29, 1.82) is 0 Å². The van der Waals surface area contributed by atoms with Crippen molar-refractivity contribution in [2.75, 3.05) is 45.9 Å². The van der Waals surface area contributed by atoms with E-state index in [0.717, 1.165) is 84.5 Å². The first-order valence-electron chi connectivity index (χ1n) is 16.0. The summed E-state index contributed by atoms with van der Waals surface area (Å²) in [6.45, 7) is 9.35. The Bertz CT molecular complexity index is 817. The average molecular weight is 550 g/mol. The molecular weight excluding hydrogens is 497 g/mol. The molecule has 10 heteroatoms. The van der Waals surface area contributed by atoms with Gasteiger partial charge in [0.1, 0.15) is 12.5 Å². The van der Waals surface area contributed by atoms with Gasteiger partial charge in [0.25, 0.3) is 0 Å². The molecule has 6 aliphatic rings. The van der Waals surface area contributed by atoms with E-state index in [1.165, 1.54) is 6.42 Å². The van der Waals surface area contributed by atoms with Gasteiger partial charge in [-0.3, -0.25) is 25.6 Å². The first kappa shape index (κ1) is 28.2. The zero-order chi connectivity index (χ0) is 26.8. The van der Waals surface area contributed by atoms with Crippen molar-refractivity contribution in [3.63, 3.8) is 0 Å². The molecule has 0 aromatic heterocycles. The van der Waals surface area contributed by atoms with Gasteiger partial charge in [-0.2, -0.15) is 0 Å². The standard InChI is InChI=1S/C29H52FN7O2/c1-18-2-4-22(33-28(38)27-14-19-12-21(30)3-5-24(19)34-27)15-26(18)36-29-32-7-6-25(35-29)20-13-23(17-31-16-20)37-8-10-39-11-9-37/h18-27,29,31-32,34-36H,2-17H2,1H3,(H,33,38). The van der Waals surface area contributed by atoms with Gasteiger partial charge in [-0.1, -0.05) is 6.92 Å². The first-order chi connectivity index (χ1) is 19.0. The van der Waals surface area contributed by atoms with Gasteiger partial charge in [-0.25, -0.2) is 4.39 Å². The van der Waals surface area contributed by atoms with Gasteiger partial charge < -0.3 is 20.7 Å². The molecule has 11 atom stereocenters. The number of morpholine rings is 1. The Morgan fingerprint density at radius 2 is 1.77 bits per heavy atom. The molecule has 1 amide bonds. The van der Waals surface area contributed by atoms with Crippen LogP contribution < -0.4 is 31.9 Å². The van der Waals surface area contributed by atoms with Gasteiger partial charge >= 0.3 is 0 Å². The number of nitrogens with one attached hydrogen (secondary N) is 6. The first-order valence-corrected chi connectivity index (χ1v) is 16.0. The molecule has 222 valence electrons. The van der Waals surface area contributed by atoms with E-state index in [-0.39, 0.29) is 24.3 Å². The topological polar surface area (TPSA) is 102 Å². The van der Waals surface area contributed by atoms with Crippen molar-refractivity contribution in [2.45, 2.75) is 113 Å². The highest BCUT2D eigenvalue weighted by molar-refractivity contribution is 5.82. The Labute approximate surface area is 233 Å².